The molecule has 2 fully saturated rings. The van der Waals surface area contributed by atoms with Crippen LogP contribution in [0.5, 0.6) is 0 Å². The predicted molar refractivity (Wildman–Crippen MR) is 236 cm³/mol. The summed E-state index contributed by atoms with van der Waals surface area (Å²) in [5, 5.41) is 21.7. The van der Waals surface area contributed by atoms with Gasteiger partial charge in [0.15, 0.2) is 0 Å². The van der Waals surface area contributed by atoms with Crippen LogP contribution in [0.4, 0.5) is 0 Å². The van der Waals surface area contributed by atoms with Crippen molar-refractivity contribution in [3.8, 4) is 22.3 Å². The van der Waals surface area contributed by atoms with Crippen molar-refractivity contribution in [3.63, 3.8) is 0 Å². The summed E-state index contributed by atoms with van der Waals surface area (Å²) < 4.78 is 5.23. The van der Waals surface area contributed by atoms with Gasteiger partial charge in [-0.2, -0.15) is 0 Å². The summed E-state index contributed by atoms with van der Waals surface area (Å²) in [4.78, 5) is 32.8. The maximum atomic E-state index is 12.1. The quantitative estimate of drug-likeness (QED) is 0.142. The van der Waals surface area contributed by atoms with E-state index in [9.17, 15) is 19.8 Å². The number of halogens is 1. The SMILES string of the molecule is Cn1ccc2cc(Cc3ncc(C4CC4)cc3C(=O)O)cc(-c3ccccc3-c3ccccc3)c21.Cn1ccc2cc(Cc3ncc(C4CC4)cc3C(=O)O)cc(Br)c21. The predicted octanol–water partition coefficient (Wildman–Crippen LogP) is 11.6. The van der Waals surface area contributed by atoms with E-state index < -0.39 is 11.9 Å². The summed E-state index contributed by atoms with van der Waals surface area (Å²) in [6.45, 7) is 0. The number of nitrogens with zero attached hydrogens (tertiary/aromatic N) is 4. The van der Waals surface area contributed by atoms with Gasteiger partial charge in [-0.1, -0.05) is 54.6 Å². The van der Waals surface area contributed by atoms with E-state index in [-0.39, 0.29) is 0 Å². The molecule has 8 aromatic rings. The Bertz CT molecular complexity index is 2910. The summed E-state index contributed by atoms with van der Waals surface area (Å²) >= 11 is 3.62. The Labute approximate surface area is 351 Å². The summed E-state index contributed by atoms with van der Waals surface area (Å²) in [7, 11) is 4.07. The first kappa shape index (κ1) is 38.2. The van der Waals surface area contributed by atoms with Crippen LogP contribution < -0.4 is 0 Å². The Kier molecular flexibility index (Phi) is 10.2. The lowest BCUT2D eigenvalue weighted by Crippen LogP contribution is -2.07. The Morgan fingerprint density at radius 2 is 1.10 bits per heavy atom. The minimum absolute atomic E-state index is 0.314. The number of hydrogen-bond donors (Lipinski definition) is 2. The second-order valence-electron chi connectivity index (χ2n) is 15.9. The molecule has 9 heteroatoms. The molecule has 2 saturated carbocycles. The lowest BCUT2D eigenvalue weighted by molar-refractivity contribution is 0.0684. The van der Waals surface area contributed by atoms with Crippen molar-refractivity contribution in [2.75, 3.05) is 0 Å². The molecule has 0 unspecified atom stereocenters. The summed E-state index contributed by atoms with van der Waals surface area (Å²) in [6.07, 6.45) is 13.3. The fourth-order valence-corrected chi connectivity index (χ4v) is 9.09. The average Bonchev–Trinajstić information content (AvgIpc) is 4.18. The van der Waals surface area contributed by atoms with Crippen molar-refractivity contribution in [1.82, 2.24) is 19.1 Å². The van der Waals surface area contributed by atoms with E-state index in [2.05, 4.69) is 127 Å². The zero-order valence-electron chi connectivity index (χ0n) is 32.9. The molecule has 59 heavy (non-hydrogen) atoms. The van der Waals surface area contributed by atoms with E-state index in [4.69, 9.17) is 0 Å². The Morgan fingerprint density at radius 1 is 0.610 bits per heavy atom. The van der Waals surface area contributed by atoms with E-state index in [1.807, 2.05) is 43.8 Å². The molecular weight excluding hydrogens is 800 g/mol. The van der Waals surface area contributed by atoms with Gasteiger partial charge in [0.1, 0.15) is 0 Å². The van der Waals surface area contributed by atoms with Crippen LogP contribution in [0.3, 0.4) is 0 Å². The molecule has 0 amide bonds. The normalized spacial score (nSPS) is 13.7. The van der Waals surface area contributed by atoms with Gasteiger partial charge >= 0.3 is 11.9 Å². The first-order valence-corrected chi connectivity index (χ1v) is 20.8. The van der Waals surface area contributed by atoms with Crippen molar-refractivity contribution < 1.29 is 19.8 Å². The standard InChI is InChI=1S/C31H26N2O2.C19H17BrN2O2/c1-33-14-13-23-15-20(17-29-28(31(34)35)18-24(19-32-29)21-11-12-21)16-27(30(23)33)26-10-6-5-9-25(26)22-7-3-2-4-8-22;1-22-5-4-13-6-11(7-16(20)18(13)22)8-17-15(19(23)24)9-14(10-21-17)12-2-3-12/h2-10,13-16,18-19,21H,11-12,17H2,1H3,(H,34,35);4-7,9-10,12H,2-3,8H2,1H3,(H,23,24). The van der Waals surface area contributed by atoms with Gasteiger partial charge < -0.3 is 19.3 Å². The largest absolute Gasteiger partial charge is 0.478 e. The van der Waals surface area contributed by atoms with Crippen LogP contribution in [0.1, 0.15) is 91.9 Å². The molecule has 294 valence electrons. The molecule has 0 bridgehead atoms. The molecule has 0 aliphatic heterocycles. The van der Waals surface area contributed by atoms with E-state index >= 15 is 0 Å². The number of aromatic nitrogens is 4. The molecule has 0 radical (unpaired) electrons. The van der Waals surface area contributed by atoms with Crippen molar-refractivity contribution in [1.29, 1.82) is 0 Å². The molecule has 4 aromatic heterocycles. The molecule has 2 aliphatic rings. The fraction of sp³-hybridized carbons (Fsp3) is 0.200. The topological polar surface area (TPSA) is 110 Å². The van der Waals surface area contributed by atoms with Gasteiger partial charge in [-0.25, -0.2) is 9.59 Å². The van der Waals surface area contributed by atoms with E-state index in [0.717, 1.165) is 85.3 Å². The van der Waals surface area contributed by atoms with Crippen molar-refractivity contribution in [2.45, 2.75) is 50.4 Å². The maximum absolute atomic E-state index is 12.1. The Morgan fingerprint density at radius 3 is 1.64 bits per heavy atom. The first-order valence-electron chi connectivity index (χ1n) is 20.0. The minimum Gasteiger partial charge on any atom is -0.478 e. The summed E-state index contributed by atoms with van der Waals surface area (Å²) in [5.41, 5.74) is 13.0. The lowest BCUT2D eigenvalue weighted by Gasteiger charge is -2.15. The molecule has 4 aromatic carbocycles. The molecule has 0 atom stereocenters. The summed E-state index contributed by atoms with van der Waals surface area (Å²) in [5.74, 6) is -0.846. The van der Waals surface area contributed by atoms with Gasteiger partial charge in [-0.3, -0.25) is 9.97 Å². The Balaban J connectivity index is 0.000000163. The fourth-order valence-electron chi connectivity index (χ4n) is 8.28. The van der Waals surface area contributed by atoms with E-state index in [1.54, 1.807) is 6.07 Å². The first-order chi connectivity index (χ1) is 28.6. The molecule has 0 saturated heterocycles. The zero-order valence-corrected chi connectivity index (χ0v) is 34.5. The number of aromatic carboxylic acids is 2. The number of aryl methyl sites for hydroxylation is 2. The van der Waals surface area contributed by atoms with Gasteiger partial charge in [0.05, 0.1) is 33.5 Å². The van der Waals surface area contributed by atoms with Crippen LogP contribution in [0, 0.1) is 0 Å². The number of carbonyl (C=O) groups is 2. The second-order valence-corrected chi connectivity index (χ2v) is 16.8. The van der Waals surface area contributed by atoms with Gasteiger partial charge in [-0.05, 0) is 141 Å². The number of hydrogen-bond acceptors (Lipinski definition) is 4. The number of benzene rings is 4. The Hall–Kier alpha value is -6.32. The molecule has 4 heterocycles. The third kappa shape index (κ3) is 7.95. The third-order valence-corrected chi connectivity index (χ3v) is 12.2. The van der Waals surface area contributed by atoms with Crippen LogP contribution in [0.25, 0.3) is 44.1 Å². The van der Waals surface area contributed by atoms with Gasteiger partial charge in [0.2, 0.25) is 0 Å². The molecular formula is C50H43BrN4O4. The smallest absolute Gasteiger partial charge is 0.337 e. The van der Waals surface area contributed by atoms with Crippen molar-refractivity contribution >= 4 is 49.7 Å². The van der Waals surface area contributed by atoms with E-state index in [1.165, 1.54) is 11.1 Å². The number of rotatable bonds is 10. The molecule has 2 aliphatic carbocycles. The van der Waals surface area contributed by atoms with Crippen LogP contribution >= 0.6 is 15.9 Å². The highest BCUT2D eigenvalue weighted by Gasteiger charge is 2.27. The van der Waals surface area contributed by atoms with E-state index in [0.29, 0.717) is 47.2 Å². The highest BCUT2D eigenvalue weighted by atomic mass is 79.9. The minimum atomic E-state index is -0.912. The van der Waals surface area contributed by atoms with Crippen LogP contribution in [-0.4, -0.2) is 41.3 Å². The van der Waals surface area contributed by atoms with Gasteiger partial charge in [0.25, 0.3) is 0 Å². The second kappa shape index (κ2) is 15.8. The molecule has 0 spiro atoms. The lowest BCUT2D eigenvalue weighted by atomic mass is 9.91. The number of fused-ring (bicyclic) bond motifs is 2. The average molecular weight is 844 g/mol. The summed E-state index contributed by atoms with van der Waals surface area (Å²) in [6, 6.07) is 35.2. The molecule has 8 nitrogen and oxygen atoms in total. The van der Waals surface area contributed by atoms with Crippen LogP contribution in [0.15, 0.2) is 132 Å². The zero-order chi connectivity index (χ0) is 40.8. The number of carboxylic acids is 2. The highest BCUT2D eigenvalue weighted by molar-refractivity contribution is 9.10. The number of pyridine rings is 2. The monoisotopic (exact) mass is 842 g/mol. The highest BCUT2D eigenvalue weighted by Crippen LogP contribution is 2.42. The van der Waals surface area contributed by atoms with Crippen molar-refractivity contribution in [3.05, 3.63) is 177 Å². The number of carboxylic acid groups (broad SMARTS) is 2. The van der Waals surface area contributed by atoms with Gasteiger partial charge in [0, 0.05) is 72.5 Å². The van der Waals surface area contributed by atoms with Crippen LogP contribution in [0.2, 0.25) is 0 Å². The van der Waals surface area contributed by atoms with Crippen LogP contribution in [-0.2, 0) is 26.9 Å². The maximum Gasteiger partial charge on any atom is 0.337 e. The molecule has 10 rings (SSSR count). The third-order valence-electron chi connectivity index (χ3n) is 11.6. The van der Waals surface area contributed by atoms with Gasteiger partial charge in [-0.15, -0.1) is 0 Å². The molecule has 2 N–H and O–H groups in total. The van der Waals surface area contributed by atoms with Crippen molar-refractivity contribution in [2.24, 2.45) is 14.1 Å².